The summed E-state index contributed by atoms with van der Waals surface area (Å²) in [5.74, 6) is -0.262. The van der Waals surface area contributed by atoms with Crippen LogP contribution in [0.15, 0.2) is 17.1 Å². The molecule has 1 fully saturated rings. The van der Waals surface area contributed by atoms with Gasteiger partial charge in [-0.1, -0.05) is 6.42 Å². The third-order valence-corrected chi connectivity index (χ3v) is 3.93. The quantitative estimate of drug-likeness (QED) is 0.466. The molecule has 1 aliphatic carbocycles. The fourth-order valence-corrected chi connectivity index (χ4v) is 2.16. The van der Waals surface area contributed by atoms with Gasteiger partial charge in [0, 0.05) is 25.1 Å². The first-order chi connectivity index (χ1) is 9.52. The maximum Gasteiger partial charge on any atom is 0.166 e. The number of rotatable bonds is 5. The van der Waals surface area contributed by atoms with Gasteiger partial charge in [0.2, 0.25) is 0 Å². The Morgan fingerprint density at radius 3 is 2.75 bits per heavy atom. The predicted octanol–water partition coefficient (Wildman–Crippen LogP) is 3.73. The standard InChI is InChI=1S/C16H21FN2O/c1-4-19(3)10-18-15-8-11(2)13(9-14(15)17)16(20)12-6-5-7-12/h8-10,12H,4-7H2,1-3H3. The molecule has 4 heteroatoms. The largest absolute Gasteiger partial charge is 0.366 e. The second-order valence-electron chi connectivity index (χ2n) is 5.43. The fraction of sp³-hybridized carbons (Fsp3) is 0.500. The molecule has 0 aliphatic heterocycles. The van der Waals surface area contributed by atoms with Gasteiger partial charge in [0.25, 0.3) is 0 Å². The lowest BCUT2D eigenvalue weighted by molar-refractivity contribution is 0.0854. The van der Waals surface area contributed by atoms with E-state index < -0.39 is 5.82 Å². The number of carbonyl (C=O) groups excluding carboxylic acids is 1. The van der Waals surface area contributed by atoms with Crippen molar-refractivity contribution in [2.75, 3.05) is 13.6 Å². The van der Waals surface area contributed by atoms with Crippen LogP contribution in [-0.4, -0.2) is 30.6 Å². The SMILES string of the molecule is CCN(C)C=Nc1cc(C)c(C(=O)C2CCC2)cc1F. The summed E-state index contributed by atoms with van der Waals surface area (Å²) in [4.78, 5) is 18.2. The van der Waals surface area contributed by atoms with Gasteiger partial charge in [-0.05, 0) is 44.4 Å². The van der Waals surface area contributed by atoms with E-state index in [1.807, 2.05) is 25.8 Å². The minimum Gasteiger partial charge on any atom is -0.366 e. The number of ketones is 1. The Labute approximate surface area is 119 Å². The van der Waals surface area contributed by atoms with Crippen LogP contribution < -0.4 is 0 Å². The average Bonchev–Trinajstić information content (AvgIpc) is 2.36. The van der Waals surface area contributed by atoms with Crippen LogP contribution >= 0.6 is 0 Å². The second kappa shape index (κ2) is 6.16. The Hall–Kier alpha value is -1.71. The molecule has 0 saturated heterocycles. The molecule has 20 heavy (non-hydrogen) atoms. The van der Waals surface area contributed by atoms with Crippen molar-refractivity contribution in [3.05, 3.63) is 29.1 Å². The van der Waals surface area contributed by atoms with E-state index in [-0.39, 0.29) is 17.4 Å². The summed E-state index contributed by atoms with van der Waals surface area (Å²) in [6.45, 7) is 4.64. The van der Waals surface area contributed by atoms with Crippen LogP contribution in [0.1, 0.15) is 42.1 Å². The number of nitrogens with zero attached hydrogens (tertiary/aromatic N) is 2. The summed E-state index contributed by atoms with van der Waals surface area (Å²) in [7, 11) is 1.88. The van der Waals surface area contributed by atoms with Crippen LogP contribution in [0.5, 0.6) is 0 Å². The summed E-state index contributed by atoms with van der Waals surface area (Å²) in [5.41, 5.74) is 1.59. The predicted molar refractivity (Wildman–Crippen MR) is 79.3 cm³/mol. The highest BCUT2D eigenvalue weighted by atomic mass is 19.1. The van der Waals surface area contributed by atoms with Crippen LogP contribution in [0.4, 0.5) is 10.1 Å². The summed E-state index contributed by atoms with van der Waals surface area (Å²) >= 11 is 0. The van der Waals surface area contributed by atoms with Crippen molar-refractivity contribution >= 4 is 17.8 Å². The molecule has 0 atom stereocenters. The van der Waals surface area contributed by atoms with Crippen LogP contribution in [0.3, 0.4) is 0 Å². The highest BCUT2D eigenvalue weighted by Crippen LogP contribution is 2.32. The molecular formula is C16H21FN2O. The second-order valence-corrected chi connectivity index (χ2v) is 5.43. The third-order valence-electron chi connectivity index (χ3n) is 3.93. The van der Waals surface area contributed by atoms with Crippen molar-refractivity contribution < 1.29 is 9.18 Å². The zero-order valence-electron chi connectivity index (χ0n) is 12.3. The summed E-state index contributed by atoms with van der Waals surface area (Å²) in [6, 6.07) is 3.00. The van der Waals surface area contributed by atoms with Crippen LogP contribution in [0.25, 0.3) is 0 Å². The summed E-state index contributed by atoms with van der Waals surface area (Å²) in [6.07, 6.45) is 4.57. The van der Waals surface area contributed by atoms with E-state index in [4.69, 9.17) is 0 Å². The van der Waals surface area contributed by atoms with Crippen molar-refractivity contribution in [1.29, 1.82) is 0 Å². The van der Waals surface area contributed by atoms with Gasteiger partial charge >= 0.3 is 0 Å². The van der Waals surface area contributed by atoms with Gasteiger partial charge in [-0.25, -0.2) is 9.38 Å². The zero-order valence-corrected chi connectivity index (χ0v) is 12.3. The van der Waals surface area contributed by atoms with Gasteiger partial charge in [0.05, 0.1) is 6.34 Å². The van der Waals surface area contributed by atoms with Crippen molar-refractivity contribution in [2.45, 2.75) is 33.1 Å². The average molecular weight is 276 g/mol. The maximum absolute atomic E-state index is 14.0. The van der Waals surface area contributed by atoms with Crippen molar-refractivity contribution in [2.24, 2.45) is 10.9 Å². The summed E-state index contributed by atoms with van der Waals surface area (Å²) in [5, 5.41) is 0. The Balaban J connectivity index is 2.24. The lowest BCUT2D eigenvalue weighted by Crippen LogP contribution is -2.22. The molecule has 2 rings (SSSR count). The molecule has 0 amide bonds. The van der Waals surface area contributed by atoms with Gasteiger partial charge in [0.15, 0.2) is 5.78 Å². The minimum absolute atomic E-state index is 0.0776. The molecule has 1 aromatic carbocycles. The summed E-state index contributed by atoms with van der Waals surface area (Å²) < 4.78 is 14.0. The monoisotopic (exact) mass is 276 g/mol. The van der Waals surface area contributed by atoms with E-state index in [0.717, 1.165) is 31.4 Å². The number of aliphatic imine (C=N–C) groups is 1. The van der Waals surface area contributed by atoms with Crippen LogP contribution in [-0.2, 0) is 0 Å². The van der Waals surface area contributed by atoms with Gasteiger partial charge in [-0.15, -0.1) is 0 Å². The molecule has 0 unspecified atom stereocenters. The molecule has 0 aromatic heterocycles. The van der Waals surface area contributed by atoms with Gasteiger partial charge < -0.3 is 4.90 Å². The van der Waals surface area contributed by atoms with E-state index in [2.05, 4.69) is 4.99 Å². The number of aryl methyl sites for hydroxylation is 1. The fourth-order valence-electron chi connectivity index (χ4n) is 2.16. The molecular weight excluding hydrogens is 255 g/mol. The number of Topliss-reactive ketones (excluding diaryl/α,β-unsaturated/α-hetero) is 1. The molecule has 1 saturated carbocycles. The molecule has 1 aromatic rings. The van der Waals surface area contributed by atoms with Crippen molar-refractivity contribution in [3.63, 3.8) is 0 Å². The molecule has 0 heterocycles. The molecule has 0 spiro atoms. The van der Waals surface area contributed by atoms with Gasteiger partial charge in [-0.2, -0.15) is 0 Å². The van der Waals surface area contributed by atoms with E-state index in [0.29, 0.717) is 5.56 Å². The smallest absolute Gasteiger partial charge is 0.166 e. The van der Waals surface area contributed by atoms with Crippen molar-refractivity contribution in [3.8, 4) is 0 Å². The van der Waals surface area contributed by atoms with Crippen LogP contribution in [0.2, 0.25) is 0 Å². The van der Waals surface area contributed by atoms with Gasteiger partial charge in [-0.3, -0.25) is 4.79 Å². The van der Waals surface area contributed by atoms with Crippen LogP contribution in [0, 0.1) is 18.7 Å². The highest BCUT2D eigenvalue weighted by molar-refractivity contribution is 6.00. The van der Waals surface area contributed by atoms with E-state index in [1.54, 1.807) is 12.4 Å². The first kappa shape index (κ1) is 14.7. The molecule has 1 aliphatic rings. The Bertz CT molecular complexity index is 536. The highest BCUT2D eigenvalue weighted by Gasteiger charge is 2.27. The Morgan fingerprint density at radius 1 is 1.50 bits per heavy atom. The Kier molecular flexibility index (Phi) is 4.53. The normalized spacial score (nSPS) is 15.4. The number of benzene rings is 1. The zero-order chi connectivity index (χ0) is 14.7. The molecule has 0 radical (unpaired) electrons. The number of carbonyl (C=O) groups is 1. The Morgan fingerprint density at radius 2 is 2.20 bits per heavy atom. The number of hydrogen-bond donors (Lipinski definition) is 0. The van der Waals surface area contributed by atoms with Crippen molar-refractivity contribution in [1.82, 2.24) is 4.90 Å². The molecule has 3 nitrogen and oxygen atoms in total. The molecule has 0 N–H and O–H groups in total. The topological polar surface area (TPSA) is 32.7 Å². The number of halogens is 1. The first-order valence-electron chi connectivity index (χ1n) is 7.11. The van der Waals surface area contributed by atoms with E-state index in [1.165, 1.54) is 6.07 Å². The van der Waals surface area contributed by atoms with Gasteiger partial charge in [0.1, 0.15) is 11.5 Å². The maximum atomic E-state index is 14.0. The lowest BCUT2D eigenvalue weighted by Gasteiger charge is -2.24. The first-order valence-corrected chi connectivity index (χ1v) is 7.11. The van der Waals surface area contributed by atoms with E-state index in [9.17, 15) is 9.18 Å². The molecule has 108 valence electrons. The van der Waals surface area contributed by atoms with E-state index >= 15 is 0 Å². The number of hydrogen-bond acceptors (Lipinski definition) is 2. The lowest BCUT2D eigenvalue weighted by atomic mass is 9.79. The minimum atomic E-state index is -0.431. The third kappa shape index (κ3) is 3.06. The molecule has 0 bridgehead atoms.